The van der Waals surface area contributed by atoms with Gasteiger partial charge in [0.05, 0.1) is 42.1 Å². The highest BCUT2D eigenvalue weighted by molar-refractivity contribution is 5.94. The van der Waals surface area contributed by atoms with Gasteiger partial charge in [0.25, 0.3) is 0 Å². The summed E-state index contributed by atoms with van der Waals surface area (Å²) in [6, 6.07) is 16.3. The molecule has 10 atom stereocenters. The number of nitrogens with one attached hydrogen (secondary N) is 1. The molecule has 0 unspecified atom stereocenters. The summed E-state index contributed by atoms with van der Waals surface area (Å²) in [5.74, 6) is -4.84. The van der Waals surface area contributed by atoms with Crippen LogP contribution in [0.3, 0.4) is 0 Å². The Morgan fingerprint density at radius 1 is 0.965 bits per heavy atom. The Bertz CT molecular complexity index is 1900. The number of carbonyl (C=O) groups excluding carboxylic acids is 5. The molecule has 0 spiro atoms. The van der Waals surface area contributed by atoms with Gasteiger partial charge in [-0.25, -0.2) is 4.79 Å². The Balaban J connectivity index is 1.45. The van der Waals surface area contributed by atoms with E-state index in [0.29, 0.717) is 17.6 Å². The zero-order valence-electron chi connectivity index (χ0n) is 33.5. The van der Waals surface area contributed by atoms with E-state index in [1.165, 1.54) is 26.0 Å². The summed E-state index contributed by atoms with van der Waals surface area (Å²) in [6.07, 6.45) is -5.30. The number of Topliss-reactive ketones (excluding diaryl/α,β-unsaturated/α-hetero) is 1. The van der Waals surface area contributed by atoms with Crippen molar-refractivity contribution in [2.24, 2.45) is 16.7 Å². The number of fused-ring (bicyclic) bond motifs is 5. The Kier molecular flexibility index (Phi) is 11.9. The third-order valence-corrected chi connectivity index (χ3v) is 13.1. The number of esters is 3. The molecule has 13 nitrogen and oxygen atoms in total. The van der Waals surface area contributed by atoms with E-state index in [2.05, 4.69) is 5.32 Å². The minimum atomic E-state index is -2.23. The molecule has 1 aliphatic heterocycles. The fourth-order valence-electron chi connectivity index (χ4n) is 9.89. The van der Waals surface area contributed by atoms with Crippen molar-refractivity contribution in [3.63, 3.8) is 0 Å². The zero-order chi connectivity index (χ0) is 41.5. The van der Waals surface area contributed by atoms with Crippen molar-refractivity contribution in [1.29, 1.82) is 0 Å². The smallest absolute Gasteiger partial charge is 0.338 e. The molecule has 2 aromatic rings. The number of benzene rings is 2. The van der Waals surface area contributed by atoms with Crippen LogP contribution in [-0.2, 0) is 38.1 Å². The summed E-state index contributed by atoms with van der Waals surface area (Å²) in [6.45, 7) is 9.24. The van der Waals surface area contributed by atoms with E-state index in [1.807, 2.05) is 13.0 Å². The first-order valence-corrected chi connectivity index (χ1v) is 19.9. The molecule has 2 aromatic carbocycles. The molecule has 3 fully saturated rings. The minimum absolute atomic E-state index is 0.0454. The topological polar surface area (TPSA) is 195 Å². The van der Waals surface area contributed by atoms with Crippen LogP contribution in [0.5, 0.6) is 0 Å². The number of unbranched alkanes of at least 4 members (excludes halogenated alkanes) is 2. The molecule has 4 N–H and O–H groups in total. The standard InChI is InChI=1S/C44H55NO12/c1-7-8-11-20-33(48)45-29(27-16-12-9-13-17-27)21-34(49)55-30-23-44(53)39(56-40(52)28-18-14-10-15-19-28)37-42(6,38(51)36(50)35(25(30)2)41(44,4)5)31(47)22-32-43(37,24-54-32)57-26(3)46/h9-10,12-19,29-32,36-37,39,47,50,53H,7-8,11,20-24H2,1-6H3,(H,45,48)/t29-,30-,31-,32-,36-,37-,39+,42-,43+,44-/m1/s1. The molecule has 4 aliphatic rings. The van der Waals surface area contributed by atoms with Gasteiger partial charge in [-0.2, -0.15) is 0 Å². The van der Waals surface area contributed by atoms with Crippen LogP contribution in [0.1, 0.15) is 108 Å². The van der Waals surface area contributed by atoms with E-state index in [-0.39, 0.29) is 49.3 Å². The molecular weight excluding hydrogens is 734 g/mol. The fourth-order valence-corrected chi connectivity index (χ4v) is 9.89. The number of aliphatic hydroxyl groups excluding tert-OH is 2. The quantitative estimate of drug-likeness (QED) is 0.102. The summed E-state index contributed by atoms with van der Waals surface area (Å²) in [4.78, 5) is 68.9. The fraction of sp³-hybridized carbons (Fsp3) is 0.568. The van der Waals surface area contributed by atoms with Gasteiger partial charge >= 0.3 is 17.9 Å². The Labute approximate surface area is 333 Å². The van der Waals surface area contributed by atoms with Crippen LogP contribution in [0.2, 0.25) is 0 Å². The van der Waals surface area contributed by atoms with Crippen molar-refractivity contribution >= 4 is 29.6 Å². The Hall–Kier alpha value is -4.43. The number of ether oxygens (including phenoxy) is 4. The molecular formula is C44H55NO12. The summed E-state index contributed by atoms with van der Waals surface area (Å²) < 4.78 is 24.4. The number of hydrogen-bond acceptors (Lipinski definition) is 12. The summed E-state index contributed by atoms with van der Waals surface area (Å²) in [7, 11) is 0. The summed E-state index contributed by atoms with van der Waals surface area (Å²) >= 11 is 0. The molecule has 6 rings (SSSR count). The summed E-state index contributed by atoms with van der Waals surface area (Å²) in [5.41, 5.74) is -6.24. The average Bonchev–Trinajstić information content (AvgIpc) is 3.16. The lowest BCUT2D eigenvalue weighted by Crippen LogP contribution is -2.81. The lowest BCUT2D eigenvalue weighted by atomic mass is 9.44. The highest BCUT2D eigenvalue weighted by Gasteiger charge is 2.78. The van der Waals surface area contributed by atoms with Gasteiger partial charge < -0.3 is 39.6 Å². The van der Waals surface area contributed by atoms with E-state index in [1.54, 1.807) is 63.2 Å². The van der Waals surface area contributed by atoms with Crippen molar-refractivity contribution in [2.75, 3.05) is 6.61 Å². The molecule has 1 heterocycles. The molecule has 13 heteroatoms. The van der Waals surface area contributed by atoms with Crippen molar-refractivity contribution in [1.82, 2.24) is 5.32 Å². The maximum absolute atomic E-state index is 14.9. The maximum atomic E-state index is 14.9. The molecule has 1 saturated heterocycles. The van der Waals surface area contributed by atoms with E-state index < -0.39 is 88.2 Å². The van der Waals surface area contributed by atoms with Gasteiger partial charge in [-0.15, -0.1) is 0 Å². The third-order valence-electron chi connectivity index (χ3n) is 13.1. The zero-order valence-corrected chi connectivity index (χ0v) is 33.5. The predicted octanol–water partition coefficient (Wildman–Crippen LogP) is 4.46. The van der Waals surface area contributed by atoms with Crippen molar-refractivity contribution in [3.05, 3.63) is 82.9 Å². The normalized spacial score (nSPS) is 33.2. The number of hydrogen-bond donors (Lipinski definition) is 4. The van der Waals surface area contributed by atoms with E-state index >= 15 is 0 Å². The molecule has 1 amide bonds. The summed E-state index contributed by atoms with van der Waals surface area (Å²) in [5, 5.41) is 40.4. The van der Waals surface area contributed by atoms with Gasteiger partial charge in [-0.1, -0.05) is 82.1 Å². The van der Waals surface area contributed by atoms with Gasteiger partial charge in [0, 0.05) is 31.6 Å². The predicted molar refractivity (Wildman–Crippen MR) is 205 cm³/mol. The first-order chi connectivity index (χ1) is 26.9. The number of aliphatic hydroxyl groups is 3. The van der Waals surface area contributed by atoms with Crippen LogP contribution in [0, 0.1) is 16.7 Å². The first kappa shape index (κ1) is 42.2. The van der Waals surface area contributed by atoms with Gasteiger partial charge in [-0.3, -0.25) is 19.2 Å². The van der Waals surface area contributed by atoms with Gasteiger partial charge in [0.2, 0.25) is 5.91 Å². The minimum Gasteiger partial charge on any atom is -0.458 e. The van der Waals surface area contributed by atoms with Crippen LogP contribution in [0.25, 0.3) is 0 Å². The molecule has 0 radical (unpaired) electrons. The monoisotopic (exact) mass is 789 g/mol. The number of ketones is 1. The number of carbonyl (C=O) groups is 5. The van der Waals surface area contributed by atoms with E-state index in [4.69, 9.17) is 18.9 Å². The molecule has 308 valence electrons. The highest BCUT2D eigenvalue weighted by Crippen LogP contribution is 2.64. The van der Waals surface area contributed by atoms with Gasteiger partial charge in [-0.05, 0) is 49.1 Å². The second-order valence-electron chi connectivity index (χ2n) is 16.8. The van der Waals surface area contributed by atoms with Crippen molar-refractivity contribution in [3.8, 4) is 0 Å². The molecule has 3 aliphatic carbocycles. The maximum Gasteiger partial charge on any atom is 0.338 e. The van der Waals surface area contributed by atoms with Crippen LogP contribution < -0.4 is 5.32 Å². The van der Waals surface area contributed by atoms with Crippen molar-refractivity contribution in [2.45, 2.75) is 134 Å². The van der Waals surface area contributed by atoms with Crippen LogP contribution >= 0.6 is 0 Å². The molecule has 2 saturated carbocycles. The molecule has 57 heavy (non-hydrogen) atoms. The lowest BCUT2D eigenvalue weighted by molar-refractivity contribution is -0.345. The average molecular weight is 790 g/mol. The van der Waals surface area contributed by atoms with Crippen molar-refractivity contribution < 1.29 is 58.2 Å². The van der Waals surface area contributed by atoms with E-state index in [0.717, 1.165) is 12.8 Å². The SMILES string of the molecule is CCCCCC(=O)N[C@H](CC(=O)O[C@@H]1C[C@@]2(O)[C@@H](OC(=O)c3ccccc3)[C@H]3[C@]4(OC(C)=O)CO[C@@H]4C[C@@H](O)[C@@]3(C)C(=O)[C@H](O)C(=C1C)C2(C)C)c1ccccc1. The second kappa shape index (κ2) is 16.1. The lowest BCUT2D eigenvalue weighted by Gasteiger charge is -2.67. The van der Waals surface area contributed by atoms with Gasteiger partial charge in [0.1, 0.15) is 30.0 Å². The number of amides is 1. The second-order valence-corrected chi connectivity index (χ2v) is 16.8. The van der Waals surface area contributed by atoms with Crippen LogP contribution in [0.4, 0.5) is 0 Å². The number of rotatable bonds is 12. The van der Waals surface area contributed by atoms with Gasteiger partial charge in [0.15, 0.2) is 11.4 Å². The molecule has 0 aromatic heterocycles. The Morgan fingerprint density at radius 2 is 1.61 bits per heavy atom. The van der Waals surface area contributed by atoms with Crippen LogP contribution in [-0.4, -0.2) is 93.2 Å². The third kappa shape index (κ3) is 7.32. The molecule has 2 bridgehead atoms. The van der Waals surface area contributed by atoms with Crippen LogP contribution in [0.15, 0.2) is 71.8 Å². The largest absolute Gasteiger partial charge is 0.458 e. The highest BCUT2D eigenvalue weighted by atomic mass is 16.6. The first-order valence-electron chi connectivity index (χ1n) is 19.9. The van der Waals surface area contributed by atoms with E-state index in [9.17, 15) is 39.3 Å². The Morgan fingerprint density at radius 3 is 2.21 bits per heavy atom.